The van der Waals surface area contributed by atoms with Gasteiger partial charge in [-0.3, -0.25) is 4.99 Å². The van der Waals surface area contributed by atoms with Gasteiger partial charge in [0.1, 0.15) is 5.76 Å². The third kappa shape index (κ3) is 3.76. The Hall–Kier alpha value is -1.52. The summed E-state index contributed by atoms with van der Waals surface area (Å²) in [4.78, 5) is 7.38. The van der Waals surface area contributed by atoms with E-state index in [0.717, 1.165) is 43.5 Å². The monoisotopic (exact) mass is 332 g/mol. The van der Waals surface area contributed by atoms with Crippen molar-refractivity contribution in [1.29, 1.82) is 0 Å². The van der Waals surface area contributed by atoms with Crippen LogP contribution in [0.4, 0.5) is 0 Å². The number of rotatable bonds is 4. The van der Waals surface area contributed by atoms with Crippen LogP contribution in [0.1, 0.15) is 62.5 Å². The predicted molar refractivity (Wildman–Crippen MR) is 97.4 cm³/mol. The lowest BCUT2D eigenvalue weighted by Crippen LogP contribution is -2.41. The quantitative estimate of drug-likeness (QED) is 0.678. The summed E-state index contributed by atoms with van der Waals surface area (Å²) in [7, 11) is 0. The van der Waals surface area contributed by atoms with Crippen molar-refractivity contribution in [2.24, 2.45) is 10.4 Å². The van der Waals surface area contributed by atoms with Crippen molar-refractivity contribution in [3.63, 3.8) is 0 Å². The van der Waals surface area contributed by atoms with E-state index in [9.17, 15) is 0 Å². The maximum Gasteiger partial charge on any atom is 0.193 e. The third-order valence-corrected chi connectivity index (χ3v) is 5.79. The highest BCUT2D eigenvalue weighted by molar-refractivity contribution is 5.80. The number of hydrogen-bond acceptors (Lipinski definition) is 3. The summed E-state index contributed by atoms with van der Waals surface area (Å²) in [6, 6.07) is 0. The minimum absolute atomic E-state index is 0.566. The molecule has 1 aliphatic heterocycles. The Balaban J connectivity index is 1.62. The molecule has 5 heteroatoms. The van der Waals surface area contributed by atoms with Gasteiger partial charge in [0, 0.05) is 31.7 Å². The van der Waals surface area contributed by atoms with Crippen LogP contribution in [0, 0.1) is 19.3 Å². The van der Waals surface area contributed by atoms with Gasteiger partial charge in [0.05, 0.1) is 5.69 Å². The Morgan fingerprint density at radius 2 is 2.04 bits per heavy atom. The molecule has 0 radical (unpaired) electrons. The zero-order valence-corrected chi connectivity index (χ0v) is 15.5. The van der Waals surface area contributed by atoms with Gasteiger partial charge in [-0.15, -0.1) is 0 Å². The number of aryl methyl sites for hydroxylation is 2. The lowest BCUT2D eigenvalue weighted by atomic mass is 9.73. The molecule has 1 aliphatic carbocycles. The summed E-state index contributed by atoms with van der Waals surface area (Å²) in [5, 5.41) is 7.53. The predicted octanol–water partition coefficient (Wildman–Crippen LogP) is 3.46. The lowest BCUT2D eigenvalue weighted by Gasteiger charge is -2.33. The van der Waals surface area contributed by atoms with Gasteiger partial charge >= 0.3 is 0 Å². The minimum Gasteiger partial charge on any atom is -0.361 e. The maximum atomic E-state index is 5.25. The van der Waals surface area contributed by atoms with E-state index in [1.807, 2.05) is 13.8 Å². The summed E-state index contributed by atoms with van der Waals surface area (Å²) in [5.41, 5.74) is 2.77. The van der Waals surface area contributed by atoms with E-state index in [-0.39, 0.29) is 0 Å². The summed E-state index contributed by atoms with van der Waals surface area (Å²) in [6.07, 6.45) is 9.29. The lowest BCUT2D eigenvalue weighted by molar-refractivity contribution is 0.203. The molecule has 0 atom stereocenters. The van der Waals surface area contributed by atoms with Gasteiger partial charge in [-0.05, 0) is 51.9 Å². The molecule has 2 aliphatic rings. The number of likely N-dealkylation sites (tertiary alicyclic amines) is 1. The molecular formula is C19H32N4O. The standard InChI is InChI=1S/C19H32N4O/c1-4-20-18(21-12-8-17-15(2)22-24-16(17)3)23-13-11-19(14-23)9-6-5-7-10-19/h4-14H2,1-3H3,(H,20,21). The molecule has 1 N–H and O–H groups in total. The Labute approximate surface area is 145 Å². The topological polar surface area (TPSA) is 53.7 Å². The van der Waals surface area contributed by atoms with Crippen molar-refractivity contribution in [2.45, 2.75) is 65.7 Å². The van der Waals surface area contributed by atoms with Gasteiger partial charge in [-0.1, -0.05) is 24.4 Å². The van der Waals surface area contributed by atoms with Gasteiger partial charge in [0.15, 0.2) is 5.96 Å². The van der Waals surface area contributed by atoms with Gasteiger partial charge < -0.3 is 14.7 Å². The smallest absolute Gasteiger partial charge is 0.193 e. The Morgan fingerprint density at radius 3 is 2.71 bits per heavy atom. The summed E-state index contributed by atoms with van der Waals surface area (Å²) in [5.74, 6) is 2.02. The fraction of sp³-hybridized carbons (Fsp3) is 0.789. The van der Waals surface area contributed by atoms with Crippen LogP contribution in [0.2, 0.25) is 0 Å². The number of nitrogens with zero attached hydrogens (tertiary/aromatic N) is 3. The summed E-state index contributed by atoms with van der Waals surface area (Å²) in [6.45, 7) is 10.2. The van der Waals surface area contributed by atoms with Crippen LogP contribution >= 0.6 is 0 Å². The molecule has 0 bridgehead atoms. The molecule has 0 amide bonds. The van der Waals surface area contributed by atoms with E-state index < -0.39 is 0 Å². The maximum absolute atomic E-state index is 5.25. The first kappa shape index (κ1) is 17.3. The van der Waals surface area contributed by atoms with Crippen LogP contribution in [-0.2, 0) is 6.42 Å². The molecular weight excluding hydrogens is 300 g/mol. The molecule has 0 aromatic carbocycles. The molecule has 2 heterocycles. The van der Waals surface area contributed by atoms with Crippen molar-refractivity contribution >= 4 is 5.96 Å². The van der Waals surface area contributed by atoms with Crippen LogP contribution in [0.5, 0.6) is 0 Å². The molecule has 1 aromatic rings. The molecule has 2 fully saturated rings. The molecule has 3 rings (SSSR count). The van der Waals surface area contributed by atoms with Crippen LogP contribution in [0.25, 0.3) is 0 Å². The van der Waals surface area contributed by atoms with E-state index in [2.05, 4.69) is 22.3 Å². The Morgan fingerprint density at radius 1 is 1.25 bits per heavy atom. The largest absolute Gasteiger partial charge is 0.361 e. The second-order valence-electron chi connectivity index (χ2n) is 7.52. The third-order valence-electron chi connectivity index (χ3n) is 5.79. The van der Waals surface area contributed by atoms with Crippen molar-refractivity contribution < 1.29 is 4.52 Å². The van der Waals surface area contributed by atoms with Crippen LogP contribution in [-0.4, -0.2) is 42.2 Å². The van der Waals surface area contributed by atoms with E-state index in [1.54, 1.807) is 0 Å². The number of hydrogen-bond donors (Lipinski definition) is 1. The van der Waals surface area contributed by atoms with Crippen molar-refractivity contribution in [2.75, 3.05) is 26.2 Å². The van der Waals surface area contributed by atoms with Crippen LogP contribution in [0.15, 0.2) is 9.52 Å². The first-order valence-electron chi connectivity index (χ1n) is 9.58. The zero-order valence-electron chi connectivity index (χ0n) is 15.5. The highest BCUT2D eigenvalue weighted by Gasteiger charge is 2.39. The Bertz CT molecular complexity index is 552. The van der Waals surface area contributed by atoms with E-state index in [4.69, 9.17) is 9.52 Å². The highest BCUT2D eigenvalue weighted by atomic mass is 16.5. The zero-order chi connectivity index (χ0) is 17.0. The molecule has 5 nitrogen and oxygen atoms in total. The normalized spacial score (nSPS) is 20.8. The first-order valence-corrected chi connectivity index (χ1v) is 9.58. The fourth-order valence-corrected chi connectivity index (χ4v) is 4.38. The Kier molecular flexibility index (Phi) is 5.47. The van der Waals surface area contributed by atoms with E-state index in [1.165, 1.54) is 50.6 Å². The fourth-order valence-electron chi connectivity index (χ4n) is 4.38. The van der Waals surface area contributed by atoms with Gasteiger partial charge in [-0.2, -0.15) is 0 Å². The molecule has 1 saturated carbocycles. The molecule has 0 unspecified atom stereocenters. The second kappa shape index (κ2) is 7.58. The van der Waals surface area contributed by atoms with Gasteiger partial charge in [0.2, 0.25) is 0 Å². The highest BCUT2D eigenvalue weighted by Crippen LogP contribution is 2.43. The van der Waals surface area contributed by atoms with Crippen molar-refractivity contribution in [3.05, 3.63) is 17.0 Å². The van der Waals surface area contributed by atoms with Crippen LogP contribution < -0.4 is 5.32 Å². The molecule has 134 valence electrons. The summed E-state index contributed by atoms with van der Waals surface area (Å²) >= 11 is 0. The van der Waals surface area contributed by atoms with Gasteiger partial charge in [-0.25, -0.2) is 0 Å². The molecule has 1 aromatic heterocycles. The number of nitrogens with one attached hydrogen (secondary N) is 1. The van der Waals surface area contributed by atoms with Crippen molar-refractivity contribution in [1.82, 2.24) is 15.4 Å². The molecule has 24 heavy (non-hydrogen) atoms. The van der Waals surface area contributed by atoms with Crippen LogP contribution in [0.3, 0.4) is 0 Å². The average molecular weight is 332 g/mol. The number of aromatic nitrogens is 1. The minimum atomic E-state index is 0.566. The summed E-state index contributed by atoms with van der Waals surface area (Å²) < 4.78 is 5.25. The number of guanidine groups is 1. The van der Waals surface area contributed by atoms with E-state index in [0.29, 0.717) is 5.41 Å². The van der Waals surface area contributed by atoms with Gasteiger partial charge in [0.25, 0.3) is 0 Å². The number of aliphatic imine (C=N–C) groups is 1. The SMILES string of the molecule is CCNC(=NCCc1c(C)noc1C)N1CCC2(CCCCC2)C1. The van der Waals surface area contributed by atoms with Crippen molar-refractivity contribution in [3.8, 4) is 0 Å². The average Bonchev–Trinajstić information content (AvgIpc) is 3.13. The second-order valence-corrected chi connectivity index (χ2v) is 7.52. The first-order chi connectivity index (χ1) is 11.6. The molecule has 1 saturated heterocycles. The molecule has 1 spiro atoms. The van der Waals surface area contributed by atoms with E-state index >= 15 is 0 Å².